The van der Waals surface area contributed by atoms with E-state index < -0.39 is 0 Å². The predicted octanol–water partition coefficient (Wildman–Crippen LogP) is 3.58. The summed E-state index contributed by atoms with van der Waals surface area (Å²) in [6.07, 6.45) is 2.48. The highest BCUT2D eigenvalue weighted by Gasteiger charge is 2.40. The molecule has 0 bridgehead atoms. The summed E-state index contributed by atoms with van der Waals surface area (Å²) < 4.78 is 0. The number of nitrogens with zero attached hydrogens (tertiary/aromatic N) is 1. The molecule has 1 saturated carbocycles. The van der Waals surface area contributed by atoms with E-state index in [1.807, 2.05) is 12.1 Å². The molecule has 3 unspecified atom stereocenters. The molecule has 2 N–H and O–H groups in total. The fourth-order valence-corrected chi connectivity index (χ4v) is 3.82. The zero-order valence-electron chi connectivity index (χ0n) is 10.7. The van der Waals surface area contributed by atoms with Crippen LogP contribution in [0.25, 0.3) is 0 Å². The van der Waals surface area contributed by atoms with Crippen molar-refractivity contribution in [3.05, 3.63) is 33.8 Å². The van der Waals surface area contributed by atoms with Crippen LogP contribution in [0.4, 0.5) is 0 Å². The summed E-state index contributed by atoms with van der Waals surface area (Å²) in [7, 11) is 0. The van der Waals surface area contributed by atoms with Crippen molar-refractivity contribution in [2.24, 2.45) is 17.6 Å². The van der Waals surface area contributed by atoms with Crippen LogP contribution in [-0.2, 0) is 6.54 Å². The van der Waals surface area contributed by atoms with E-state index in [0.29, 0.717) is 22.0 Å². The SMILES string of the molecule is Cl.NC1CCC2CN(Cc3cccc(Cl)c3Cl)CC12. The zero-order chi connectivity index (χ0) is 12.7. The number of rotatable bonds is 2. The molecule has 3 rings (SSSR count). The van der Waals surface area contributed by atoms with Gasteiger partial charge in [0, 0.05) is 25.7 Å². The Labute approximate surface area is 130 Å². The van der Waals surface area contributed by atoms with E-state index in [4.69, 9.17) is 28.9 Å². The lowest BCUT2D eigenvalue weighted by Crippen LogP contribution is -2.30. The maximum absolute atomic E-state index is 6.24. The van der Waals surface area contributed by atoms with Crippen molar-refractivity contribution in [3.63, 3.8) is 0 Å². The first-order chi connectivity index (χ1) is 8.65. The smallest absolute Gasteiger partial charge is 0.0637 e. The normalized spacial score (nSPS) is 30.2. The molecule has 19 heavy (non-hydrogen) atoms. The van der Waals surface area contributed by atoms with Gasteiger partial charge in [-0.3, -0.25) is 4.90 Å². The first-order valence-corrected chi connectivity index (χ1v) is 7.31. The monoisotopic (exact) mass is 320 g/mol. The van der Waals surface area contributed by atoms with Gasteiger partial charge in [-0.15, -0.1) is 12.4 Å². The number of hydrogen-bond acceptors (Lipinski definition) is 2. The predicted molar refractivity (Wildman–Crippen MR) is 83.2 cm³/mol. The van der Waals surface area contributed by atoms with Crippen LogP contribution in [0.3, 0.4) is 0 Å². The van der Waals surface area contributed by atoms with Crippen LogP contribution in [0.1, 0.15) is 18.4 Å². The van der Waals surface area contributed by atoms with Crippen LogP contribution in [0.2, 0.25) is 10.0 Å². The van der Waals surface area contributed by atoms with Gasteiger partial charge in [0.05, 0.1) is 10.0 Å². The molecular formula is C14H19Cl3N2. The summed E-state index contributed by atoms with van der Waals surface area (Å²) in [4.78, 5) is 2.46. The molecule has 2 nitrogen and oxygen atoms in total. The van der Waals surface area contributed by atoms with E-state index in [1.165, 1.54) is 12.8 Å². The molecule has 0 radical (unpaired) electrons. The van der Waals surface area contributed by atoms with Gasteiger partial charge >= 0.3 is 0 Å². The van der Waals surface area contributed by atoms with Crippen LogP contribution in [0.15, 0.2) is 18.2 Å². The minimum atomic E-state index is 0. The Morgan fingerprint density at radius 1 is 1.21 bits per heavy atom. The molecule has 1 aromatic carbocycles. The molecule has 1 aromatic rings. The summed E-state index contributed by atoms with van der Waals surface area (Å²) in [5.41, 5.74) is 7.28. The summed E-state index contributed by atoms with van der Waals surface area (Å²) in [5.74, 6) is 1.47. The molecular weight excluding hydrogens is 303 g/mol. The topological polar surface area (TPSA) is 29.3 Å². The quantitative estimate of drug-likeness (QED) is 0.902. The molecule has 5 heteroatoms. The Morgan fingerprint density at radius 3 is 2.74 bits per heavy atom. The van der Waals surface area contributed by atoms with Crippen molar-refractivity contribution >= 4 is 35.6 Å². The molecule has 1 aliphatic heterocycles. The van der Waals surface area contributed by atoms with Gasteiger partial charge in [0.1, 0.15) is 0 Å². The third-order valence-corrected chi connectivity index (χ3v) is 5.27. The Morgan fingerprint density at radius 2 is 2.00 bits per heavy atom. The molecule has 0 spiro atoms. The highest BCUT2D eigenvalue weighted by atomic mass is 35.5. The highest BCUT2D eigenvalue weighted by Crippen LogP contribution is 2.38. The van der Waals surface area contributed by atoms with Crippen LogP contribution >= 0.6 is 35.6 Å². The average molecular weight is 322 g/mol. The third-order valence-electron chi connectivity index (χ3n) is 4.41. The summed E-state index contributed by atoms with van der Waals surface area (Å²) >= 11 is 12.3. The molecule has 3 atom stereocenters. The van der Waals surface area contributed by atoms with E-state index >= 15 is 0 Å². The molecule has 106 valence electrons. The number of halogens is 3. The summed E-state index contributed by atoms with van der Waals surface area (Å²) in [6.45, 7) is 3.15. The number of likely N-dealkylation sites (tertiary alicyclic amines) is 1. The van der Waals surface area contributed by atoms with Crippen molar-refractivity contribution in [1.29, 1.82) is 0 Å². The van der Waals surface area contributed by atoms with E-state index in [9.17, 15) is 0 Å². The zero-order valence-corrected chi connectivity index (χ0v) is 13.0. The van der Waals surface area contributed by atoms with Gasteiger partial charge in [0.2, 0.25) is 0 Å². The fourth-order valence-electron chi connectivity index (χ4n) is 3.44. The standard InChI is InChI=1S/C14H18Cl2N2.ClH/c15-12-3-1-2-10(14(12)16)7-18-6-9-4-5-13(17)11(9)8-18;/h1-3,9,11,13H,4-8,17H2;1H. The van der Waals surface area contributed by atoms with Crippen molar-refractivity contribution in [2.45, 2.75) is 25.4 Å². The Bertz CT molecular complexity index is 452. The number of nitrogens with two attached hydrogens (primary N) is 1. The van der Waals surface area contributed by atoms with Crippen molar-refractivity contribution < 1.29 is 0 Å². The highest BCUT2D eigenvalue weighted by molar-refractivity contribution is 6.42. The molecule has 1 heterocycles. The van der Waals surface area contributed by atoms with Gasteiger partial charge in [0.15, 0.2) is 0 Å². The lowest BCUT2D eigenvalue weighted by Gasteiger charge is -2.19. The second-order valence-corrected chi connectivity index (χ2v) is 6.36. The lowest BCUT2D eigenvalue weighted by molar-refractivity contribution is 0.298. The van der Waals surface area contributed by atoms with Crippen LogP contribution < -0.4 is 5.73 Å². The van der Waals surface area contributed by atoms with E-state index in [0.717, 1.165) is 31.1 Å². The maximum Gasteiger partial charge on any atom is 0.0637 e. The molecule has 1 aliphatic carbocycles. The van der Waals surface area contributed by atoms with E-state index in [-0.39, 0.29) is 12.4 Å². The van der Waals surface area contributed by atoms with Gasteiger partial charge in [-0.05, 0) is 36.3 Å². The Hall–Kier alpha value is 0.01000. The summed E-state index contributed by atoms with van der Waals surface area (Å²) in [6, 6.07) is 6.26. The lowest BCUT2D eigenvalue weighted by atomic mass is 9.98. The Balaban J connectivity index is 0.00000133. The maximum atomic E-state index is 6.24. The third kappa shape index (κ3) is 3.03. The average Bonchev–Trinajstić information content (AvgIpc) is 2.88. The number of benzene rings is 1. The van der Waals surface area contributed by atoms with Crippen LogP contribution in [0.5, 0.6) is 0 Å². The second kappa shape index (κ2) is 6.19. The van der Waals surface area contributed by atoms with Gasteiger partial charge in [-0.25, -0.2) is 0 Å². The minimum absolute atomic E-state index is 0. The molecule has 1 saturated heterocycles. The van der Waals surface area contributed by atoms with Crippen LogP contribution in [0, 0.1) is 11.8 Å². The number of fused-ring (bicyclic) bond motifs is 1. The number of hydrogen-bond donors (Lipinski definition) is 1. The van der Waals surface area contributed by atoms with Crippen LogP contribution in [-0.4, -0.2) is 24.0 Å². The molecule has 2 aliphatic rings. The van der Waals surface area contributed by atoms with Gasteiger partial charge in [0.25, 0.3) is 0 Å². The van der Waals surface area contributed by atoms with Gasteiger partial charge < -0.3 is 5.73 Å². The van der Waals surface area contributed by atoms with Gasteiger partial charge in [-0.1, -0.05) is 35.3 Å². The first kappa shape index (κ1) is 15.4. The van der Waals surface area contributed by atoms with Crippen molar-refractivity contribution in [1.82, 2.24) is 4.90 Å². The van der Waals surface area contributed by atoms with E-state index in [1.54, 1.807) is 0 Å². The van der Waals surface area contributed by atoms with Gasteiger partial charge in [-0.2, -0.15) is 0 Å². The van der Waals surface area contributed by atoms with Crippen molar-refractivity contribution in [3.8, 4) is 0 Å². The summed E-state index contributed by atoms with van der Waals surface area (Å²) in [5, 5.41) is 1.34. The largest absolute Gasteiger partial charge is 0.327 e. The molecule has 0 amide bonds. The second-order valence-electron chi connectivity index (χ2n) is 5.57. The molecule has 0 aromatic heterocycles. The minimum Gasteiger partial charge on any atom is -0.327 e. The molecule has 2 fully saturated rings. The van der Waals surface area contributed by atoms with Crippen molar-refractivity contribution in [2.75, 3.05) is 13.1 Å². The first-order valence-electron chi connectivity index (χ1n) is 6.56. The fraction of sp³-hybridized carbons (Fsp3) is 0.571. The van der Waals surface area contributed by atoms with E-state index in [2.05, 4.69) is 11.0 Å². The Kier molecular flexibility index (Phi) is 5.02.